The zero-order chi connectivity index (χ0) is 21.4. The average Bonchev–Trinajstić information content (AvgIpc) is 2.61. The van der Waals surface area contributed by atoms with E-state index in [1.54, 1.807) is 0 Å². The van der Waals surface area contributed by atoms with Gasteiger partial charge in [0.2, 0.25) is 15.9 Å². The van der Waals surface area contributed by atoms with Gasteiger partial charge in [-0.05, 0) is 30.7 Å². The van der Waals surface area contributed by atoms with Gasteiger partial charge in [-0.25, -0.2) is 8.42 Å². The van der Waals surface area contributed by atoms with Gasteiger partial charge in [0.1, 0.15) is 6.04 Å². The minimum atomic E-state index is -4.16. The van der Waals surface area contributed by atoms with Crippen LogP contribution in [0, 0.1) is 0 Å². The Bertz CT molecular complexity index is 885. The topological polar surface area (TPSA) is 145 Å². The van der Waals surface area contributed by atoms with E-state index in [0.29, 0.717) is 5.02 Å². The SMILES string of the molecule is COC(=O)CCCNC(=O)[C@H](COS(C)(=O)=O)NS(=O)(=O)c1ccc(Cl)cc1. The zero-order valence-corrected chi connectivity index (χ0v) is 17.6. The van der Waals surface area contributed by atoms with Gasteiger partial charge in [0.05, 0.1) is 24.9 Å². The summed E-state index contributed by atoms with van der Waals surface area (Å²) in [5, 5.41) is 2.73. The normalized spacial score (nSPS) is 13.0. The van der Waals surface area contributed by atoms with Crippen molar-refractivity contribution in [3.63, 3.8) is 0 Å². The number of halogens is 1. The lowest BCUT2D eigenvalue weighted by Gasteiger charge is -2.18. The molecule has 2 N–H and O–H groups in total. The van der Waals surface area contributed by atoms with Crippen LogP contribution in [0.2, 0.25) is 5.02 Å². The smallest absolute Gasteiger partial charge is 0.305 e. The maximum atomic E-state index is 12.4. The number of carbonyl (C=O) groups is 2. The molecule has 1 aromatic carbocycles. The number of rotatable bonds is 11. The number of esters is 1. The van der Waals surface area contributed by atoms with Crippen molar-refractivity contribution in [1.82, 2.24) is 10.0 Å². The summed E-state index contributed by atoms with van der Waals surface area (Å²) in [4.78, 5) is 23.2. The monoisotopic (exact) mass is 456 g/mol. The highest BCUT2D eigenvalue weighted by molar-refractivity contribution is 7.89. The molecule has 0 fully saturated rings. The summed E-state index contributed by atoms with van der Waals surface area (Å²) in [5.74, 6) is -1.28. The Morgan fingerprint density at radius 3 is 2.29 bits per heavy atom. The van der Waals surface area contributed by atoms with Gasteiger partial charge >= 0.3 is 5.97 Å². The second-order valence-electron chi connectivity index (χ2n) is 5.59. The van der Waals surface area contributed by atoms with E-state index in [0.717, 1.165) is 6.26 Å². The van der Waals surface area contributed by atoms with Gasteiger partial charge < -0.3 is 10.1 Å². The van der Waals surface area contributed by atoms with Crippen molar-refractivity contribution in [3.8, 4) is 0 Å². The van der Waals surface area contributed by atoms with Gasteiger partial charge in [0.25, 0.3) is 10.1 Å². The Balaban J connectivity index is 2.84. The van der Waals surface area contributed by atoms with Crippen molar-refractivity contribution in [2.45, 2.75) is 23.8 Å². The molecule has 0 aliphatic heterocycles. The zero-order valence-electron chi connectivity index (χ0n) is 15.2. The van der Waals surface area contributed by atoms with E-state index in [-0.39, 0.29) is 24.3 Å². The Hall–Kier alpha value is -1.73. The molecule has 10 nitrogen and oxygen atoms in total. The molecular formula is C15H21ClN2O8S2. The fraction of sp³-hybridized carbons (Fsp3) is 0.467. The molecule has 0 aromatic heterocycles. The standard InChI is InChI=1S/C15H21ClN2O8S2/c1-25-14(19)4-3-9-17-15(20)13(10-26-27(2,21)22)18-28(23,24)12-7-5-11(16)6-8-12/h5-8,13,18H,3-4,9-10H2,1-2H3,(H,17,20)/t13-/m0/s1. The number of hydrogen-bond acceptors (Lipinski definition) is 8. The molecule has 1 aromatic rings. The molecule has 0 bridgehead atoms. The molecule has 158 valence electrons. The van der Waals surface area contributed by atoms with Crippen LogP contribution < -0.4 is 10.0 Å². The van der Waals surface area contributed by atoms with E-state index in [1.165, 1.54) is 31.4 Å². The summed E-state index contributed by atoms with van der Waals surface area (Å²) in [6, 6.07) is 3.64. The molecule has 13 heteroatoms. The molecule has 0 spiro atoms. The van der Waals surface area contributed by atoms with E-state index in [1.807, 2.05) is 0 Å². The molecule has 0 aliphatic carbocycles. The van der Waals surface area contributed by atoms with E-state index in [4.69, 9.17) is 11.6 Å². The quantitative estimate of drug-likeness (QED) is 0.269. The molecule has 0 radical (unpaired) electrons. The van der Waals surface area contributed by atoms with Crippen molar-refractivity contribution in [2.24, 2.45) is 0 Å². The van der Waals surface area contributed by atoms with Crippen molar-refractivity contribution >= 4 is 43.6 Å². The van der Waals surface area contributed by atoms with Crippen LogP contribution in [0.15, 0.2) is 29.2 Å². The number of nitrogens with one attached hydrogen (secondary N) is 2. The molecule has 1 rings (SSSR count). The molecule has 1 atom stereocenters. The highest BCUT2D eigenvalue weighted by atomic mass is 35.5. The van der Waals surface area contributed by atoms with Crippen LogP contribution in [-0.4, -0.2) is 61.3 Å². The first kappa shape index (κ1) is 24.3. The van der Waals surface area contributed by atoms with Crippen LogP contribution in [0.4, 0.5) is 0 Å². The Morgan fingerprint density at radius 1 is 1.14 bits per heavy atom. The largest absolute Gasteiger partial charge is 0.469 e. The summed E-state index contributed by atoms with van der Waals surface area (Å²) in [6.45, 7) is -0.694. The lowest BCUT2D eigenvalue weighted by Crippen LogP contribution is -2.49. The van der Waals surface area contributed by atoms with Crippen LogP contribution in [0.3, 0.4) is 0 Å². The molecule has 0 saturated heterocycles. The third-order valence-electron chi connectivity index (χ3n) is 3.27. The summed E-state index contributed by atoms with van der Waals surface area (Å²) < 4.78 is 58.4. The van der Waals surface area contributed by atoms with Crippen LogP contribution in [0.25, 0.3) is 0 Å². The maximum Gasteiger partial charge on any atom is 0.305 e. The lowest BCUT2D eigenvalue weighted by atomic mass is 10.3. The molecular weight excluding hydrogens is 436 g/mol. The minimum Gasteiger partial charge on any atom is -0.469 e. The third-order valence-corrected chi connectivity index (χ3v) is 5.58. The Labute approximate surface area is 168 Å². The number of sulfonamides is 1. The van der Waals surface area contributed by atoms with Gasteiger partial charge in [-0.3, -0.25) is 13.8 Å². The van der Waals surface area contributed by atoms with Gasteiger partial charge in [0, 0.05) is 18.0 Å². The first-order chi connectivity index (χ1) is 12.9. The van der Waals surface area contributed by atoms with E-state index in [9.17, 15) is 26.4 Å². The summed E-state index contributed by atoms with van der Waals surface area (Å²) in [7, 11) is -6.84. The number of methoxy groups -OCH3 is 1. The van der Waals surface area contributed by atoms with Crippen LogP contribution >= 0.6 is 11.6 Å². The van der Waals surface area contributed by atoms with E-state index >= 15 is 0 Å². The highest BCUT2D eigenvalue weighted by Crippen LogP contribution is 2.14. The van der Waals surface area contributed by atoms with Gasteiger partial charge in [-0.1, -0.05) is 11.6 Å². The van der Waals surface area contributed by atoms with Gasteiger partial charge in [0.15, 0.2) is 0 Å². The predicted molar refractivity (Wildman–Crippen MR) is 101 cm³/mol. The fourth-order valence-corrected chi connectivity index (χ4v) is 3.58. The number of ether oxygens (including phenoxy) is 1. The van der Waals surface area contributed by atoms with E-state index in [2.05, 4.69) is 19.0 Å². The molecule has 0 heterocycles. The number of benzene rings is 1. The van der Waals surface area contributed by atoms with Crippen molar-refractivity contribution < 1.29 is 35.3 Å². The highest BCUT2D eigenvalue weighted by Gasteiger charge is 2.27. The lowest BCUT2D eigenvalue weighted by molar-refractivity contribution is -0.140. The molecule has 0 unspecified atom stereocenters. The van der Waals surface area contributed by atoms with Crippen LogP contribution in [0.1, 0.15) is 12.8 Å². The second-order valence-corrected chi connectivity index (χ2v) is 9.38. The average molecular weight is 457 g/mol. The van der Waals surface area contributed by atoms with Crippen LogP contribution in [0.5, 0.6) is 0 Å². The molecule has 0 saturated carbocycles. The second kappa shape index (κ2) is 10.7. The molecule has 0 aliphatic rings. The van der Waals surface area contributed by atoms with Gasteiger partial charge in [-0.2, -0.15) is 13.1 Å². The van der Waals surface area contributed by atoms with Crippen molar-refractivity contribution in [3.05, 3.63) is 29.3 Å². The first-order valence-corrected chi connectivity index (χ1v) is 11.6. The first-order valence-electron chi connectivity index (χ1n) is 7.91. The summed E-state index contributed by atoms with van der Waals surface area (Å²) >= 11 is 5.72. The minimum absolute atomic E-state index is 0.0476. The Kier molecular flexibility index (Phi) is 9.30. The summed E-state index contributed by atoms with van der Waals surface area (Å²) in [5.41, 5.74) is 0. The summed E-state index contributed by atoms with van der Waals surface area (Å²) in [6.07, 6.45) is 1.08. The van der Waals surface area contributed by atoms with Crippen LogP contribution in [-0.2, 0) is 38.7 Å². The number of carbonyl (C=O) groups excluding carboxylic acids is 2. The molecule has 28 heavy (non-hydrogen) atoms. The fourth-order valence-electron chi connectivity index (χ4n) is 1.89. The number of hydrogen-bond donors (Lipinski definition) is 2. The Morgan fingerprint density at radius 2 is 1.75 bits per heavy atom. The van der Waals surface area contributed by atoms with E-state index < -0.39 is 44.7 Å². The molecule has 1 amide bonds. The van der Waals surface area contributed by atoms with Crippen molar-refractivity contribution in [2.75, 3.05) is 26.5 Å². The number of amides is 1. The maximum absolute atomic E-state index is 12.4. The van der Waals surface area contributed by atoms with Crippen molar-refractivity contribution in [1.29, 1.82) is 0 Å². The van der Waals surface area contributed by atoms with Gasteiger partial charge in [-0.15, -0.1) is 0 Å². The third kappa shape index (κ3) is 8.97. The predicted octanol–water partition coefficient (Wildman–Crippen LogP) is 0.0325.